The predicted molar refractivity (Wildman–Crippen MR) is 64.9 cm³/mol. The van der Waals surface area contributed by atoms with Gasteiger partial charge in [0, 0.05) is 13.2 Å². The number of aromatic nitrogens is 3. The topological polar surface area (TPSA) is 71.3 Å². The van der Waals surface area contributed by atoms with E-state index in [0.29, 0.717) is 5.95 Å². The summed E-state index contributed by atoms with van der Waals surface area (Å²) in [6.07, 6.45) is 1.84. The van der Waals surface area contributed by atoms with E-state index >= 15 is 0 Å². The van der Waals surface area contributed by atoms with Crippen molar-refractivity contribution in [1.29, 1.82) is 0 Å². The maximum Gasteiger partial charge on any atom is 0.243 e. The maximum atomic E-state index is 11.3. The molecular formula is C11H15N5O. The molecule has 0 spiro atoms. The number of amides is 1. The van der Waals surface area contributed by atoms with E-state index in [1.807, 2.05) is 25.3 Å². The van der Waals surface area contributed by atoms with E-state index in [1.165, 1.54) is 0 Å². The fourth-order valence-electron chi connectivity index (χ4n) is 1.52. The van der Waals surface area contributed by atoms with Gasteiger partial charge in [-0.15, -0.1) is 5.10 Å². The number of anilines is 1. The highest BCUT2D eigenvalue weighted by Crippen LogP contribution is 2.08. The molecule has 0 saturated heterocycles. The molecule has 0 fully saturated rings. The molecule has 6 nitrogen and oxygen atoms in total. The van der Waals surface area contributed by atoms with Gasteiger partial charge in [-0.25, -0.2) is 4.52 Å². The molecule has 0 aliphatic heterocycles. The van der Waals surface area contributed by atoms with Crippen molar-refractivity contribution in [3.05, 3.63) is 23.9 Å². The van der Waals surface area contributed by atoms with Crippen LogP contribution in [0.5, 0.6) is 0 Å². The van der Waals surface area contributed by atoms with Gasteiger partial charge in [0.15, 0.2) is 5.65 Å². The molecule has 0 radical (unpaired) electrons. The van der Waals surface area contributed by atoms with Crippen LogP contribution in [-0.2, 0) is 4.79 Å². The van der Waals surface area contributed by atoms with Gasteiger partial charge in [-0.1, -0.05) is 0 Å². The minimum Gasteiger partial charge on any atom is -0.357 e. The Morgan fingerprint density at radius 1 is 1.53 bits per heavy atom. The molecule has 0 aromatic carbocycles. The molecule has 0 aliphatic carbocycles. The Hall–Kier alpha value is -2.11. The number of nitrogens with one attached hydrogen (secondary N) is 2. The molecule has 1 amide bonds. The fourth-order valence-corrected chi connectivity index (χ4v) is 1.52. The summed E-state index contributed by atoms with van der Waals surface area (Å²) in [5.41, 5.74) is 1.88. The van der Waals surface area contributed by atoms with Crippen LogP contribution in [-0.4, -0.2) is 33.6 Å². The Kier molecular flexibility index (Phi) is 2.95. The van der Waals surface area contributed by atoms with Crippen LogP contribution < -0.4 is 10.6 Å². The molecule has 2 aromatic rings. The summed E-state index contributed by atoms with van der Waals surface area (Å²) in [6, 6.07) is 3.52. The highest BCUT2D eigenvalue weighted by molar-refractivity contribution is 5.83. The monoisotopic (exact) mass is 233 g/mol. The third kappa shape index (κ3) is 2.35. The van der Waals surface area contributed by atoms with Gasteiger partial charge in [0.1, 0.15) is 6.04 Å². The van der Waals surface area contributed by atoms with Crippen LogP contribution in [0.4, 0.5) is 5.95 Å². The summed E-state index contributed by atoms with van der Waals surface area (Å²) < 4.78 is 1.67. The summed E-state index contributed by atoms with van der Waals surface area (Å²) in [4.78, 5) is 15.6. The first-order valence-corrected chi connectivity index (χ1v) is 5.41. The van der Waals surface area contributed by atoms with Crippen LogP contribution in [0.1, 0.15) is 12.5 Å². The first-order valence-electron chi connectivity index (χ1n) is 5.41. The Labute approximate surface area is 99.0 Å². The molecule has 0 bridgehead atoms. The first-order chi connectivity index (χ1) is 8.10. The minimum atomic E-state index is -0.362. The van der Waals surface area contributed by atoms with Crippen LogP contribution in [0, 0.1) is 6.92 Å². The van der Waals surface area contributed by atoms with E-state index in [0.717, 1.165) is 11.2 Å². The van der Waals surface area contributed by atoms with Crippen LogP contribution in [0.15, 0.2) is 18.3 Å². The molecule has 6 heteroatoms. The number of carbonyl (C=O) groups excluding carboxylic acids is 1. The van der Waals surface area contributed by atoms with Gasteiger partial charge in [-0.2, -0.15) is 4.98 Å². The van der Waals surface area contributed by atoms with Crippen LogP contribution >= 0.6 is 0 Å². The van der Waals surface area contributed by atoms with Gasteiger partial charge in [0.05, 0.1) is 0 Å². The first kappa shape index (κ1) is 11.4. The molecule has 1 atom stereocenters. The number of nitrogens with zero attached hydrogens (tertiary/aromatic N) is 3. The highest BCUT2D eigenvalue weighted by atomic mass is 16.2. The van der Waals surface area contributed by atoms with Crippen molar-refractivity contribution >= 4 is 17.5 Å². The van der Waals surface area contributed by atoms with Gasteiger partial charge < -0.3 is 10.6 Å². The van der Waals surface area contributed by atoms with Gasteiger partial charge in [-0.05, 0) is 31.5 Å². The number of hydrogen-bond donors (Lipinski definition) is 2. The van der Waals surface area contributed by atoms with E-state index in [9.17, 15) is 4.79 Å². The number of fused-ring (bicyclic) bond motifs is 1. The maximum absolute atomic E-state index is 11.3. The number of carbonyl (C=O) groups is 1. The van der Waals surface area contributed by atoms with Crippen molar-refractivity contribution in [2.24, 2.45) is 0 Å². The Bertz CT molecular complexity index is 548. The number of aryl methyl sites for hydroxylation is 1. The summed E-state index contributed by atoms with van der Waals surface area (Å²) in [5, 5.41) is 9.74. The molecular weight excluding hydrogens is 218 g/mol. The lowest BCUT2D eigenvalue weighted by atomic mass is 10.3. The second-order valence-corrected chi connectivity index (χ2v) is 3.92. The lowest BCUT2D eigenvalue weighted by Gasteiger charge is -2.09. The molecule has 2 heterocycles. The SMILES string of the molecule is CNC(=O)C(C)Nc1nc2cc(C)ccn2n1. The number of pyridine rings is 1. The molecule has 2 aromatic heterocycles. The van der Waals surface area contributed by atoms with Gasteiger partial charge in [-0.3, -0.25) is 4.79 Å². The molecule has 2 rings (SSSR count). The third-order valence-corrected chi connectivity index (χ3v) is 2.48. The van der Waals surface area contributed by atoms with Gasteiger partial charge in [0.25, 0.3) is 0 Å². The van der Waals surface area contributed by atoms with E-state index in [4.69, 9.17) is 0 Å². The van der Waals surface area contributed by atoms with Crippen molar-refractivity contribution in [3.8, 4) is 0 Å². The third-order valence-electron chi connectivity index (χ3n) is 2.48. The number of hydrogen-bond acceptors (Lipinski definition) is 4. The summed E-state index contributed by atoms with van der Waals surface area (Å²) >= 11 is 0. The van der Waals surface area contributed by atoms with Crippen LogP contribution in [0.3, 0.4) is 0 Å². The van der Waals surface area contributed by atoms with Crippen LogP contribution in [0.2, 0.25) is 0 Å². The van der Waals surface area contributed by atoms with Crippen molar-refractivity contribution < 1.29 is 4.79 Å². The van der Waals surface area contributed by atoms with Gasteiger partial charge in [0.2, 0.25) is 11.9 Å². The summed E-state index contributed by atoms with van der Waals surface area (Å²) in [5.74, 6) is 0.353. The molecule has 17 heavy (non-hydrogen) atoms. The Balaban J connectivity index is 2.22. The molecule has 2 N–H and O–H groups in total. The predicted octanol–water partition coefficient (Wildman–Crippen LogP) is 0.584. The molecule has 90 valence electrons. The lowest BCUT2D eigenvalue weighted by Crippen LogP contribution is -2.35. The zero-order valence-electron chi connectivity index (χ0n) is 10.1. The van der Waals surface area contributed by atoms with Crippen molar-refractivity contribution in [1.82, 2.24) is 19.9 Å². The van der Waals surface area contributed by atoms with E-state index < -0.39 is 0 Å². The second kappa shape index (κ2) is 4.40. The van der Waals surface area contributed by atoms with E-state index in [2.05, 4.69) is 20.7 Å². The quantitative estimate of drug-likeness (QED) is 0.813. The van der Waals surface area contributed by atoms with Crippen molar-refractivity contribution in [2.45, 2.75) is 19.9 Å². The Morgan fingerprint density at radius 2 is 2.29 bits per heavy atom. The van der Waals surface area contributed by atoms with E-state index in [-0.39, 0.29) is 11.9 Å². The lowest BCUT2D eigenvalue weighted by molar-refractivity contribution is -0.121. The highest BCUT2D eigenvalue weighted by Gasteiger charge is 2.13. The summed E-state index contributed by atoms with van der Waals surface area (Å²) in [7, 11) is 1.60. The average molecular weight is 233 g/mol. The fraction of sp³-hybridized carbons (Fsp3) is 0.364. The minimum absolute atomic E-state index is 0.0972. The largest absolute Gasteiger partial charge is 0.357 e. The second-order valence-electron chi connectivity index (χ2n) is 3.92. The van der Waals surface area contributed by atoms with Gasteiger partial charge >= 0.3 is 0 Å². The smallest absolute Gasteiger partial charge is 0.243 e. The zero-order valence-corrected chi connectivity index (χ0v) is 10.1. The van der Waals surface area contributed by atoms with Crippen LogP contribution in [0.25, 0.3) is 5.65 Å². The zero-order chi connectivity index (χ0) is 12.4. The van der Waals surface area contributed by atoms with Crippen molar-refractivity contribution in [2.75, 3.05) is 12.4 Å². The molecule has 0 aliphatic rings. The molecule has 1 unspecified atom stereocenters. The molecule has 0 saturated carbocycles. The Morgan fingerprint density at radius 3 is 3.00 bits per heavy atom. The van der Waals surface area contributed by atoms with E-state index in [1.54, 1.807) is 18.5 Å². The summed E-state index contributed by atoms with van der Waals surface area (Å²) in [6.45, 7) is 3.75. The number of likely N-dealkylation sites (N-methyl/N-ethyl adjacent to an activating group) is 1. The van der Waals surface area contributed by atoms with Crippen molar-refractivity contribution in [3.63, 3.8) is 0 Å². The number of rotatable bonds is 3. The standard InChI is InChI=1S/C11H15N5O/c1-7-4-5-16-9(6-7)14-11(15-16)13-8(2)10(17)12-3/h4-6,8H,1-3H3,(H,12,17)(H,13,15). The average Bonchev–Trinajstić information content (AvgIpc) is 2.69. The normalized spacial score (nSPS) is 12.4.